The predicted octanol–water partition coefficient (Wildman–Crippen LogP) is 0.367. The van der Waals surface area contributed by atoms with Crippen molar-refractivity contribution in [3.63, 3.8) is 0 Å². The zero-order chi connectivity index (χ0) is 14.7. The maximum absolute atomic E-state index is 12.5. The van der Waals surface area contributed by atoms with Crippen molar-refractivity contribution in [1.82, 2.24) is 20.0 Å². The molecule has 5 nitrogen and oxygen atoms in total. The number of hydrogen-bond donors (Lipinski definition) is 1. The van der Waals surface area contributed by atoms with Gasteiger partial charge in [0.1, 0.15) is 0 Å². The number of amides is 1. The van der Waals surface area contributed by atoms with Crippen LogP contribution in [-0.4, -0.2) is 85.0 Å². The zero-order valence-corrected chi connectivity index (χ0v) is 13.4. The van der Waals surface area contributed by atoms with E-state index in [-0.39, 0.29) is 0 Å². The molecule has 0 radical (unpaired) electrons. The second-order valence-corrected chi connectivity index (χ2v) is 6.78. The Bertz CT molecular complexity index is 350. The topological polar surface area (TPSA) is 38.8 Å². The van der Waals surface area contributed by atoms with E-state index in [9.17, 15) is 4.79 Å². The van der Waals surface area contributed by atoms with Crippen molar-refractivity contribution in [3.8, 4) is 0 Å². The van der Waals surface area contributed by atoms with Crippen LogP contribution in [0.4, 0.5) is 0 Å². The molecule has 3 rings (SSSR count). The Balaban J connectivity index is 1.42. The van der Waals surface area contributed by atoms with Crippen LogP contribution < -0.4 is 5.32 Å². The molecule has 0 aliphatic carbocycles. The second-order valence-electron chi connectivity index (χ2n) is 6.78. The molecule has 0 aromatic heterocycles. The fraction of sp³-hybridized carbons (Fsp3) is 0.938. The Morgan fingerprint density at radius 1 is 1.14 bits per heavy atom. The largest absolute Gasteiger partial charge is 0.339 e. The first-order chi connectivity index (χ1) is 10.3. The molecule has 0 spiro atoms. The zero-order valence-electron chi connectivity index (χ0n) is 13.4. The van der Waals surface area contributed by atoms with Gasteiger partial charge in [-0.05, 0) is 25.7 Å². The standard InChI is InChI=1S/C16H30N4O/c1-2-14-5-3-4-8-20(14)16(21)13-18-11-15(12-18)19-9-6-17-7-10-19/h14-15,17H,2-13H2,1H3. The first-order valence-corrected chi connectivity index (χ1v) is 8.74. The normalized spacial score (nSPS) is 29.4. The first kappa shape index (κ1) is 15.3. The molecular formula is C16H30N4O. The Labute approximate surface area is 128 Å². The minimum atomic E-state index is 0.361. The minimum Gasteiger partial charge on any atom is -0.339 e. The van der Waals surface area contributed by atoms with Crippen LogP contribution in [0.3, 0.4) is 0 Å². The van der Waals surface area contributed by atoms with Crippen LogP contribution in [0.1, 0.15) is 32.6 Å². The summed E-state index contributed by atoms with van der Waals surface area (Å²) in [4.78, 5) is 19.6. The lowest BCUT2D eigenvalue weighted by Gasteiger charge is -2.47. The Morgan fingerprint density at radius 2 is 1.90 bits per heavy atom. The lowest BCUT2D eigenvalue weighted by Crippen LogP contribution is -2.64. The number of nitrogens with zero attached hydrogens (tertiary/aromatic N) is 3. The third-order valence-corrected chi connectivity index (χ3v) is 5.38. The molecule has 3 aliphatic rings. The highest BCUT2D eigenvalue weighted by Crippen LogP contribution is 2.21. The fourth-order valence-electron chi connectivity index (χ4n) is 3.99. The van der Waals surface area contributed by atoms with Gasteiger partial charge >= 0.3 is 0 Å². The van der Waals surface area contributed by atoms with Crippen molar-refractivity contribution in [2.24, 2.45) is 0 Å². The van der Waals surface area contributed by atoms with E-state index in [4.69, 9.17) is 0 Å². The molecule has 120 valence electrons. The van der Waals surface area contributed by atoms with Crippen molar-refractivity contribution >= 4 is 5.91 Å². The van der Waals surface area contributed by atoms with Crippen LogP contribution >= 0.6 is 0 Å². The Kier molecular flexibility index (Phi) is 5.14. The highest BCUT2D eigenvalue weighted by atomic mass is 16.2. The number of hydrogen-bond acceptors (Lipinski definition) is 4. The molecule has 0 bridgehead atoms. The molecule has 1 atom stereocenters. The predicted molar refractivity (Wildman–Crippen MR) is 84.3 cm³/mol. The molecule has 1 amide bonds. The number of piperidine rings is 1. The van der Waals surface area contributed by atoms with E-state index in [1.807, 2.05) is 0 Å². The van der Waals surface area contributed by atoms with Crippen LogP contribution in [0, 0.1) is 0 Å². The van der Waals surface area contributed by atoms with Gasteiger partial charge in [0.05, 0.1) is 6.54 Å². The maximum Gasteiger partial charge on any atom is 0.236 e. The molecule has 3 aliphatic heterocycles. The molecule has 21 heavy (non-hydrogen) atoms. The molecule has 0 saturated carbocycles. The van der Waals surface area contributed by atoms with E-state index < -0.39 is 0 Å². The molecule has 5 heteroatoms. The molecule has 1 N–H and O–H groups in total. The van der Waals surface area contributed by atoms with Gasteiger partial charge in [0, 0.05) is 57.9 Å². The van der Waals surface area contributed by atoms with E-state index in [0.29, 0.717) is 24.5 Å². The highest BCUT2D eigenvalue weighted by molar-refractivity contribution is 5.78. The smallest absolute Gasteiger partial charge is 0.236 e. The van der Waals surface area contributed by atoms with Gasteiger partial charge < -0.3 is 10.2 Å². The number of rotatable bonds is 4. The molecule has 0 aromatic carbocycles. The highest BCUT2D eigenvalue weighted by Gasteiger charge is 2.35. The molecule has 3 heterocycles. The second kappa shape index (κ2) is 7.07. The molecule has 3 saturated heterocycles. The van der Waals surface area contributed by atoms with Crippen LogP contribution in [0.5, 0.6) is 0 Å². The molecule has 1 unspecified atom stereocenters. The molecular weight excluding hydrogens is 264 g/mol. The summed E-state index contributed by atoms with van der Waals surface area (Å²) in [7, 11) is 0. The number of nitrogens with one attached hydrogen (secondary N) is 1. The average Bonchev–Trinajstić information content (AvgIpc) is 2.51. The number of likely N-dealkylation sites (tertiary alicyclic amines) is 2. The van der Waals surface area contributed by atoms with Crippen molar-refractivity contribution in [2.45, 2.75) is 44.7 Å². The maximum atomic E-state index is 12.5. The van der Waals surface area contributed by atoms with Gasteiger partial charge in [-0.15, -0.1) is 0 Å². The summed E-state index contributed by atoms with van der Waals surface area (Å²) < 4.78 is 0. The van der Waals surface area contributed by atoms with Crippen LogP contribution in [-0.2, 0) is 4.79 Å². The quantitative estimate of drug-likeness (QED) is 0.813. The summed E-state index contributed by atoms with van der Waals surface area (Å²) in [6, 6.07) is 1.18. The van der Waals surface area contributed by atoms with Crippen LogP contribution in [0.25, 0.3) is 0 Å². The summed E-state index contributed by atoms with van der Waals surface area (Å²) in [6.07, 6.45) is 4.78. The lowest BCUT2D eigenvalue weighted by atomic mass is 9.99. The summed E-state index contributed by atoms with van der Waals surface area (Å²) in [5.74, 6) is 0.361. The monoisotopic (exact) mass is 294 g/mol. The Morgan fingerprint density at radius 3 is 2.62 bits per heavy atom. The first-order valence-electron chi connectivity index (χ1n) is 8.74. The van der Waals surface area contributed by atoms with E-state index in [2.05, 4.69) is 26.9 Å². The summed E-state index contributed by atoms with van der Waals surface area (Å²) in [5, 5.41) is 3.40. The summed E-state index contributed by atoms with van der Waals surface area (Å²) in [5.41, 5.74) is 0. The van der Waals surface area contributed by atoms with Gasteiger partial charge in [-0.1, -0.05) is 6.92 Å². The number of carbonyl (C=O) groups is 1. The number of carbonyl (C=O) groups excluding carboxylic acids is 1. The van der Waals surface area contributed by atoms with Crippen LogP contribution in [0.2, 0.25) is 0 Å². The van der Waals surface area contributed by atoms with E-state index in [1.165, 1.54) is 19.3 Å². The van der Waals surface area contributed by atoms with Gasteiger partial charge in [0.25, 0.3) is 0 Å². The number of piperazine rings is 1. The van der Waals surface area contributed by atoms with Crippen molar-refractivity contribution in [1.29, 1.82) is 0 Å². The average molecular weight is 294 g/mol. The van der Waals surface area contributed by atoms with Gasteiger partial charge in [-0.25, -0.2) is 0 Å². The van der Waals surface area contributed by atoms with E-state index in [1.54, 1.807) is 0 Å². The van der Waals surface area contributed by atoms with Gasteiger partial charge in [-0.2, -0.15) is 0 Å². The molecule has 0 aromatic rings. The summed E-state index contributed by atoms with van der Waals surface area (Å²) >= 11 is 0. The van der Waals surface area contributed by atoms with Gasteiger partial charge in [-0.3, -0.25) is 14.6 Å². The third kappa shape index (κ3) is 3.58. The third-order valence-electron chi connectivity index (χ3n) is 5.38. The van der Waals surface area contributed by atoms with Gasteiger partial charge in [0.2, 0.25) is 5.91 Å². The van der Waals surface area contributed by atoms with E-state index in [0.717, 1.165) is 52.2 Å². The Hall–Kier alpha value is -0.650. The minimum absolute atomic E-state index is 0.361. The SMILES string of the molecule is CCC1CCCCN1C(=O)CN1CC(N2CCNCC2)C1. The van der Waals surface area contributed by atoms with Crippen molar-refractivity contribution in [2.75, 3.05) is 52.4 Å². The molecule has 3 fully saturated rings. The lowest BCUT2D eigenvalue weighted by molar-refractivity contribution is -0.138. The van der Waals surface area contributed by atoms with Gasteiger partial charge in [0.15, 0.2) is 0 Å². The summed E-state index contributed by atoms with van der Waals surface area (Å²) in [6.45, 7) is 10.5. The van der Waals surface area contributed by atoms with E-state index >= 15 is 0 Å². The fourth-order valence-corrected chi connectivity index (χ4v) is 3.99. The van der Waals surface area contributed by atoms with Crippen LogP contribution in [0.15, 0.2) is 0 Å². The van der Waals surface area contributed by atoms with Crippen molar-refractivity contribution in [3.05, 3.63) is 0 Å². The van der Waals surface area contributed by atoms with Crippen molar-refractivity contribution < 1.29 is 4.79 Å².